The van der Waals surface area contributed by atoms with E-state index >= 15 is 0 Å². The van der Waals surface area contributed by atoms with Gasteiger partial charge in [0, 0.05) is 0 Å². The molecular weight excluding hydrogens is 166 g/mol. The predicted octanol–water partition coefficient (Wildman–Crippen LogP) is 1.03. The van der Waals surface area contributed by atoms with E-state index in [1.54, 1.807) is 7.11 Å². The maximum atomic E-state index is 10.7. The van der Waals surface area contributed by atoms with Crippen LogP contribution in [0.3, 0.4) is 0 Å². The summed E-state index contributed by atoms with van der Waals surface area (Å²) in [4.78, 5) is 10.7. The second kappa shape index (κ2) is 3.94. The fourth-order valence-corrected chi connectivity index (χ4v) is 1.26. The van der Waals surface area contributed by atoms with Crippen molar-refractivity contribution in [2.24, 2.45) is 5.73 Å². The fourth-order valence-electron chi connectivity index (χ4n) is 1.26. The van der Waals surface area contributed by atoms with E-state index in [1.165, 1.54) is 0 Å². The molecule has 1 rings (SSSR count). The van der Waals surface area contributed by atoms with Crippen molar-refractivity contribution in [3.05, 3.63) is 29.3 Å². The van der Waals surface area contributed by atoms with Crippen LogP contribution in [0, 0.1) is 6.92 Å². The summed E-state index contributed by atoms with van der Waals surface area (Å²) in [6, 6.07) is 5.59. The maximum Gasteiger partial charge on any atom is 0.221 e. The summed E-state index contributed by atoms with van der Waals surface area (Å²) < 4.78 is 5.12. The van der Waals surface area contributed by atoms with Gasteiger partial charge in [-0.2, -0.15) is 0 Å². The second-order valence-electron chi connectivity index (χ2n) is 2.89. The van der Waals surface area contributed by atoms with Crippen LogP contribution in [0.5, 0.6) is 5.75 Å². The van der Waals surface area contributed by atoms with Gasteiger partial charge in [-0.25, -0.2) is 0 Å². The normalized spacial score (nSPS) is 9.69. The highest BCUT2D eigenvalue weighted by molar-refractivity contribution is 5.77. The molecule has 2 N–H and O–H groups in total. The summed E-state index contributed by atoms with van der Waals surface area (Å²) in [7, 11) is 1.61. The third-order valence-electron chi connectivity index (χ3n) is 1.98. The molecule has 0 unspecified atom stereocenters. The monoisotopic (exact) mass is 179 g/mol. The van der Waals surface area contributed by atoms with Gasteiger partial charge in [-0.1, -0.05) is 12.1 Å². The minimum atomic E-state index is -0.323. The number of amides is 1. The lowest BCUT2D eigenvalue weighted by atomic mass is 10.0. The maximum absolute atomic E-state index is 10.7. The van der Waals surface area contributed by atoms with Crippen molar-refractivity contribution in [3.8, 4) is 5.75 Å². The Hall–Kier alpha value is -1.51. The van der Waals surface area contributed by atoms with E-state index in [0.717, 1.165) is 16.9 Å². The lowest BCUT2D eigenvalue weighted by Crippen LogP contribution is -2.14. The number of methoxy groups -OCH3 is 1. The van der Waals surface area contributed by atoms with E-state index in [4.69, 9.17) is 10.5 Å². The molecule has 0 aliphatic carbocycles. The van der Waals surface area contributed by atoms with E-state index in [9.17, 15) is 4.79 Å². The Morgan fingerprint density at radius 2 is 2.23 bits per heavy atom. The molecule has 0 atom stereocenters. The molecule has 0 spiro atoms. The van der Waals surface area contributed by atoms with Crippen LogP contribution in [-0.4, -0.2) is 13.0 Å². The van der Waals surface area contributed by atoms with Gasteiger partial charge in [0.25, 0.3) is 0 Å². The lowest BCUT2D eigenvalue weighted by molar-refractivity contribution is -0.117. The molecule has 13 heavy (non-hydrogen) atoms. The molecule has 0 saturated carbocycles. The van der Waals surface area contributed by atoms with Crippen LogP contribution in [0.2, 0.25) is 0 Å². The summed E-state index contributed by atoms with van der Waals surface area (Å²) in [5, 5.41) is 0. The van der Waals surface area contributed by atoms with E-state index in [-0.39, 0.29) is 12.3 Å². The third-order valence-corrected chi connectivity index (χ3v) is 1.98. The lowest BCUT2D eigenvalue weighted by Gasteiger charge is -2.08. The van der Waals surface area contributed by atoms with Crippen molar-refractivity contribution < 1.29 is 9.53 Å². The van der Waals surface area contributed by atoms with Crippen LogP contribution >= 0.6 is 0 Å². The fraction of sp³-hybridized carbons (Fsp3) is 0.300. The first-order valence-corrected chi connectivity index (χ1v) is 4.06. The number of nitrogens with two attached hydrogens (primary N) is 1. The minimum absolute atomic E-state index is 0.267. The van der Waals surface area contributed by atoms with Gasteiger partial charge in [0.2, 0.25) is 5.91 Å². The Labute approximate surface area is 77.5 Å². The van der Waals surface area contributed by atoms with Gasteiger partial charge in [-0.3, -0.25) is 4.79 Å². The SMILES string of the molecule is COc1cccc(CC(N)=O)c1C. The van der Waals surface area contributed by atoms with Gasteiger partial charge in [-0.15, -0.1) is 0 Å². The molecule has 0 aliphatic heterocycles. The van der Waals surface area contributed by atoms with E-state index in [2.05, 4.69) is 0 Å². The van der Waals surface area contributed by atoms with Crippen LogP contribution in [-0.2, 0) is 11.2 Å². The van der Waals surface area contributed by atoms with Crippen molar-refractivity contribution in [1.82, 2.24) is 0 Å². The number of rotatable bonds is 3. The van der Waals surface area contributed by atoms with Crippen LogP contribution in [0.25, 0.3) is 0 Å². The molecule has 0 bridgehead atoms. The van der Waals surface area contributed by atoms with Crippen LogP contribution in [0.15, 0.2) is 18.2 Å². The third kappa shape index (κ3) is 2.21. The molecular formula is C10H13NO2. The standard InChI is InChI=1S/C10H13NO2/c1-7-8(6-10(11)12)4-3-5-9(7)13-2/h3-5H,6H2,1-2H3,(H2,11,12). The summed E-state index contributed by atoms with van der Waals surface area (Å²) in [6.07, 6.45) is 0.267. The van der Waals surface area contributed by atoms with Gasteiger partial charge in [0.05, 0.1) is 13.5 Å². The van der Waals surface area contributed by atoms with E-state index in [1.807, 2.05) is 25.1 Å². The van der Waals surface area contributed by atoms with Gasteiger partial charge in [0.15, 0.2) is 0 Å². The molecule has 0 heterocycles. The molecule has 0 saturated heterocycles. The molecule has 0 aliphatic rings. The highest BCUT2D eigenvalue weighted by atomic mass is 16.5. The van der Waals surface area contributed by atoms with Crippen molar-refractivity contribution in [1.29, 1.82) is 0 Å². The number of hydrogen-bond donors (Lipinski definition) is 1. The van der Waals surface area contributed by atoms with E-state index < -0.39 is 0 Å². The molecule has 0 radical (unpaired) electrons. The number of benzene rings is 1. The van der Waals surface area contributed by atoms with Crippen molar-refractivity contribution in [2.75, 3.05) is 7.11 Å². The first-order chi connectivity index (χ1) is 6.15. The molecule has 3 heteroatoms. The van der Waals surface area contributed by atoms with Gasteiger partial charge in [-0.05, 0) is 24.1 Å². The highest BCUT2D eigenvalue weighted by Gasteiger charge is 2.05. The average molecular weight is 179 g/mol. The predicted molar refractivity (Wildman–Crippen MR) is 50.6 cm³/mol. The summed E-state index contributed by atoms with van der Waals surface area (Å²) in [5.74, 6) is 0.468. The highest BCUT2D eigenvalue weighted by Crippen LogP contribution is 2.20. The number of hydrogen-bond acceptors (Lipinski definition) is 2. The Morgan fingerprint density at radius 1 is 1.54 bits per heavy atom. The Balaban J connectivity index is 3.01. The molecule has 0 fully saturated rings. The molecule has 1 aromatic carbocycles. The van der Waals surface area contributed by atoms with Crippen LogP contribution in [0.4, 0.5) is 0 Å². The topological polar surface area (TPSA) is 52.3 Å². The number of carbonyl (C=O) groups is 1. The smallest absolute Gasteiger partial charge is 0.221 e. The van der Waals surface area contributed by atoms with Crippen LogP contribution in [0.1, 0.15) is 11.1 Å². The number of primary amides is 1. The largest absolute Gasteiger partial charge is 0.496 e. The second-order valence-corrected chi connectivity index (χ2v) is 2.89. The molecule has 1 amide bonds. The first kappa shape index (κ1) is 9.58. The molecule has 70 valence electrons. The minimum Gasteiger partial charge on any atom is -0.496 e. The number of carbonyl (C=O) groups excluding carboxylic acids is 1. The Kier molecular flexibility index (Phi) is 2.90. The summed E-state index contributed by atoms with van der Waals surface area (Å²) in [6.45, 7) is 1.91. The summed E-state index contributed by atoms with van der Waals surface area (Å²) in [5.41, 5.74) is 7.00. The summed E-state index contributed by atoms with van der Waals surface area (Å²) >= 11 is 0. The Bertz CT molecular complexity index is 321. The van der Waals surface area contributed by atoms with Crippen molar-refractivity contribution in [2.45, 2.75) is 13.3 Å². The molecule has 0 aromatic heterocycles. The zero-order chi connectivity index (χ0) is 9.84. The van der Waals surface area contributed by atoms with Crippen LogP contribution < -0.4 is 10.5 Å². The van der Waals surface area contributed by atoms with Gasteiger partial charge >= 0.3 is 0 Å². The average Bonchev–Trinajstić information content (AvgIpc) is 2.08. The molecule has 3 nitrogen and oxygen atoms in total. The zero-order valence-electron chi connectivity index (χ0n) is 7.83. The van der Waals surface area contributed by atoms with Crippen molar-refractivity contribution in [3.63, 3.8) is 0 Å². The van der Waals surface area contributed by atoms with E-state index in [0.29, 0.717) is 0 Å². The van der Waals surface area contributed by atoms with Gasteiger partial charge < -0.3 is 10.5 Å². The Morgan fingerprint density at radius 3 is 2.77 bits per heavy atom. The number of ether oxygens (including phenoxy) is 1. The van der Waals surface area contributed by atoms with Gasteiger partial charge in [0.1, 0.15) is 5.75 Å². The zero-order valence-corrected chi connectivity index (χ0v) is 7.83. The van der Waals surface area contributed by atoms with Crippen molar-refractivity contribution >= 4 is 5.91 Å². The molecule has 1 aromatic rings. The first-order valence-electron chi connectivity index (χ1n) is 4.06. The quantitative estimate of drug-likeness (QED) is 0.753.